The summed E-state index contributed by atoms with van der Waals surface area (Å²) in [7, 11) is 0. The molecule has 7 heteroatoms. The summed E-state index contributed by atoms with van der Waals surface area (Å²) in [6.45, 7) is 2.63. The Morgan fingerprint density at radius 2 is 2.04 bits per heavy atom. The molecule has 0 spiro atoms. The summed E-state index contributed by atoms with van der Waals surface area (Å²) in [4.78, 5) is 15.2. The molecular formula is C18H19ClN2O3S. The van der Waals surface area contributed by atoms with E-state index >= 15 is 0 Å². The minimum atomic E-state index is 0.0607. The van der Waals surface area contributed by atoms with Gasteiger partial charge >= 0.3 is 0 Å². The van der Waals surface area contributed by atoms with Gasteiger partial charge in [0.05, 0.1) is 9.21 Å². The van der Waals surface area contributed by atoms with Gasteiger partial charge in [-0.15, -0.1) is 11.3 Å². The molecule has 1 N–H and O–H groups in total. The number of benzene rings is 1. The molecule has 132 valence electrons. The van der Waals surface area contributed by atoms with Crippen molar-refractivity contribution in [1.29, 1.82) is 0 Å². The zero-order valence-corrected chi connectivity index (χ0v) is 15.2. The molecule has 1 amide bonds. The molecular weight excluding hydrogens is 360 g/mol. The van der Waals surface area contributed by atoms with Crippen LogP contribution in [-0.4, -0.2) is 43.2 Å². The molecule has 1 atom stereocenters. The Labute approximate surface area is 155 Å². The van der Waals surface area contributed by atoms with Crippen LogP contribution in [0.25, 0.3) is 0 Å². The second-order valence-electron chi connectivity index (χ2n) is 6.20. The average molecular weight is 379 g/mol. The Morgan fingerprint density at radius 3 is 2.84 bits per heavy atom. The minimum absolute atomic E-state index is 0.0607. The molecule has 0 bridgehead atoms. The maximum Gasteiger partial charge on any atom is 0.264 e. The fraction of sp³-hybridized carbons (Fsp3) is 0.389. The molecule has 2 aliphatic rings. The Bertz CT molecular complexity index is 779. The molecule has 4 rings (SSSR count). The van der Waals surface area contributed by atoms with Crippen molar-refractivity contribution in [2.45, 2.75) is 18.9 Å². The van der Waals surface area contributed by atoms with Gasteiger partial charge in [0.15, 0.2) is 11.5 Å². The largest absolute Gasteiger partial charge is 0.486 e. The summed E-state index contributed by atoms with van der Waals surface area (Å²) >= 11 is 7.28. The smallest absolute Gasteiger partial charge is 0.264 e. The SMILES string of the molecule is O=C(c1ccc(Cl)s1)N1CCCC(Nc2ccc3c(c2)OCCO3)C1. The van der Waals surface area contributed by atoms with Gasteiger partial charge in [0.2, 0.25) is 0 Å². The van der Waals surface area contributed by atoms with Crippen LogP contribution in [0, 0.1) is 0 Å². The number of carbonyl (C=O) groups excluding carboxylic acids is 1. The summed E-state index contributed by atoms with van der Waals surface area (Å²) in [5, 5.41) is 3.52. The predicted molar refractivity (Wildman–Crippen MR) is 99.3 cm³/mol. The van der Waals surface area contributed by atoms with Gasteiger partial charge in [-0.1, -0.05) is 11.6 Å². The van der Waals surface area contributed by atoms with Crippen molar-refractivity contribution in [2.75, 3.05) is 31.6 Å². The highest BCUT2D eigenvalue weighted by molar-refractivity contribution is 7.17. The fourth-order valence-corrected chi connectivity index (χ4v) is 4.24. The molecule has 0 aliphatic carbocycles. The molecule has 1 aromatic carbocycles. The first-order valence-corrected chi connectivity index (χ1v) is 9.59. The van der Waals surface area contributed by atoms with E-state index < -0.39 is 0 Å². The van der Waals surface area contributed by atoms with Gasteiger partial charge in [-0.3, -0.25) is 4.79 Å². The van der Waals surface area contributed by atoms with Crippen molar-refractivity contribution in [3.8, 4) is 11.5 Å². The zero-order valence-electron chi connectivity index (χ0n) is 13.7. The van der Waals surface area contributed by atoms with E-state index in [0.29, 0.717) is 29.0 Å². The molecule has 1 aromatic heterocycles. The molecule has 2 aliphatic heterocycles. The predicted octanol–water partition coefficient (Wildman–Crippen LogP) is 3.89. The number of nitrogens with zero attached hydrogens (tertiary/aromatic N) is 1. The number of amides is 1. The second kappa shape index (κ2) is 7.14. The number of thiophene rings is 1. The van der Waals surface area contributed by atoms with E-state index in [4.69, 9.17) is 21.1 Å². The molecule has 5 nitrogen and oxygen atoms in total. The lowest BCUT2D eigenvalue weighted by Gasteiger charge is -2.33. The maximum atomic E-state index is 12.6. The third kappa shape index (κ3) is 3.70. The van der Waals surface area contributed by atoms with Gasteiger partial charge in [-0.05, 0) is 37.1 Å². The Kier molecular flexibility index (Phi) is 4.72. The summed E-state index contributed by atoms with van der Waals surface area (Å²) in [5.41, 5.74) is 0.989. The highest BCUT2D eigenvalue weighted by Crippen LogP contribution is 2.33. The molecule has 2 aromatic rings. The number of likely N-dealkylation sites (tertiary alicyclic amines) is 1. The van der Waals surface area contributed by atoms with Crippen LogP contribution in [-0.2, 0) is 0 Å². The number of hydrogen-bond acceptors (Lipinski definition) is 5. The number of fused-ring (bicyclic) bond motifs is 1. The van der Waals surface area contributed by atoms with Gasteiger partial charge in [0, 0.05) is 30.9 Å². The number of rotatable bonds is 3. The summed E-state index contributed by atoms with van der Waals surface area (Å²) < 4.78 is 11.8. The van der Waals surface area contributed by atoms with Crippen LogP contribution >= 0.6 is 22.9 Å². The number of ether oxygens (including phenoxy) is 2. The van der Waals surface area contributed by atoms with Crippen molar-refractivity contribution in [3.63, 3.8) is 0 Å². The lowest BCUT2D eigenvalue weighted by atomic mass is 10.0. The van der Waals surface area contributed by atoms with E-state index in [0.717, 1.165) is 36.6 Å². The highest BCUT2D eigenvalue weighted by atomic mass is 35.5. The lowest BCUT2D eigenvalue weighted by molar-refractivity contribution is 0.0719. The number of halogens is 1. The van der Waals surface area contributed by atoms with Gasteiger partial charge in [-0.25, -0.2) is 0 Å². The third-order valence-corrected chi connectivity index (χ3v) is 5.62. The Hall–Kier alpha value is -1.92. The second-order valence-corrected chi connectivity index (χ2v) is 7.91. The van der Waals surface area contributed by atoms with Crippen LogP contribution in [0.5, 0.6) is 11.5 Å². The van der Waals surface area contributed by atoms with Gasteiger partial charge in [0.25, 0.3) is 5.91 Å². The molecule has 0 radical (unpaired) electrons. The fourth-order valence-electron chi connectivity index (χ4n) is 3.23. The van der Waals surface area contributed by atoms with Crippen LogP contribution in [0.2, 0.25) is 4.34 Å². The van der Waals surface area contributed by atoms with E-state index in [-0.39, 0.29) is 11.9 Å². The van der Waals surface area contributed by atoms with Crippen LogP contribution in [0.1, 0.15) is 22.5 Å². The number of carbonyl (C=O) groups is 1. The third-order valence-electron chi connectivity index (χ3n) is 4.41. The average Bonchev–Trinajstić information content (AvgIpc) is 3.07. The molecule has 0 saturated carbocycles. The van der Waals surface area contributed by atoms with Crippen molar-refractivity contribution in [2.24, 2.45) is 0 Å². The Morgan fingerprint density at radius 1 is 1.20 bits per heavy atom. The lowest BCUT2D eigenvalue weighted by Crippen LogP contribution is -2.44. The van der Waals surface area contributed by atoms with Crippen LogP contribution < -0.4 is 14.8 Å². The van der Waals surface area contributed by atoms with Crippen molar-refractivity contribution >= 4 is 34.5 Å². The number of hydrogen-bond donors (Lipinski definition) is 1. The maximum absolute atomic E-state index is 12.6. The van der Waals surface area contributed by atoms with E-state index in [2.05, 4.69) is 5.32 Å². The van der Waals surface area contributed by atoms with Crippen LogP contribution in [0.15, 0.2) is 30.3 Å². The van der Waals surface area contributed by atoms with E-state index in [1.807, 2.05) is 23.1 Å². The van der Waals surface area contributed by atoms with Crippen LogP contribution in [0.3, 0.4) is 0 Å². The summed E-state index contributed by atoms with van der Waals surface area (Å²) in [6.07, 6.45) is 2.01. The van der Waals surface area contributed by atoms with Crippen molar-refractivity contribution in [3.05, 3.63) is 39.5 Å². The molecule has 1 unspecified atom stereocenters. The van der Waals surface area contributed by atoms with Crippen LogP contribution in [0.4, 0.5) is 5.69 Å². The van der Waals surface area contributed by atoms with E-state index in [1.165, 1.54) is 11.3 Å². The highest BCUT2D eigenvalue weighted by Gasteiger charge is 2.25. The molecule has 1 fully saturated rings. The first-order valence-electron chi connectivity index (χ1n) is 8.40. The topological polar surface area (TPSA) is 50.8 Å². The summed E-state index contributed by atoms with van der Waals surface area (Å²) in [6, 6.07) is 9.68. The molecule has 1 saturated heterocycles. The first-order chi connectivity index (χ1) is 12.2. The summed E-state index contributed by atoms with van der Waals surface area (Å²) in [5.74, 6) is 1.62. The number of anilines is 1. The van der Waals surface area contributed by atoms with Gasteiger partial charge in [-0.2, -0.15) is 0 Å². The first kappa shape index (κ1) is 16.5. The van der Waals surface area contributed by atoms with E-state index in [1.54, 1.807) is 12.1 Å². The van der Waals surface area contributed by atoms with Crippen molar-refractivity contribution < 1.29 is 14.3 Å². The normalized spacial score (nSPS) is 19.6. The van der Waals surface area contributed by atoms with Gasteiger partial charge in [0.1, 0.15) is 13.2 Å². The minimum Gasteiger partial charge on any atom is -0.486 e. The number of nitrogens with one attached hydrogen (secondary N) is 1. The van der Waals surface area contributed by atoms with E-state index in [9.17, 15) is 4.79 Å². The standard InChI is InChI=1S/C18H19ClN2O3S/c19-17-6-5-16(25-17)18(22)21-7-1-2-13(11-21)20-12-3-4-14-15(10-12)24-9-8-23-14/h3-6,10,13,20H,1-2,7-9,11H2. The zero-order chi connectivity index (χ0) is 17.2. The molecule has 25 heavy (non-hydrogen) atoms. The monoisotopic (exact) mass is 378 g/mol. The quantitative estimate of drug-likeness (QED) is 0.880. The van der Waals surface area contributed by atoms with Gasteiger partial charge < -0.3 is 19.7 Å². The number of piperidine rings is 1. The molecule has 3 heterocycles. The Balaban J connectivity index is 1.42. The van der Waals surface area contributed by atoms with Crippen molar-refractivity contribution in [1.82, 2.24) is 4.90 Å².